The number of alkyl halides is 1. The molecule has 1 aromatic carbocycles. The molecule has 1 heterocycles. The second-order valence-corrected chi connectivity index (χ2v) is 6.36. The van der Waals surface area contributed by atoms with E-state index in [2.05, 4.69) is 21.2 Å². The number of rotatable bonds is 2. The zero-order valence-electron chi connectivity index (χ0n) is 12.1. The van der Waals surface area contributed by atoms with E-state index in [4.69, 9.17) is 9.47 Å². The minimum atomic E-state index is -0.535. The summed E-state index contributed by atoms with van der Waals surface area (Å²) in [5, 5.41) is 2.70. The summed E-state index contributed by atoms with van der Waals surface area (Å²) in [6.07, 6.45) is -1.46. The maximum absolute atomic E-state index is 11.9. The summed E-state index contributed by atoms with van der Waals surface area (Å²) in [5.74, 6) is -0.308. The summed E-state index contributed by atoms with van der Waals surface area (Å²) in [6.45, 7) is 5.26. The third-order valence-corrected chi connectivity index (χ3v) is 4.30. The fourth-order valence-electron chi connectivity index (χ4n) is 2.34. The quantitative estimate of drug-likeness (QED) is 0.649. The first-order valence-electron chi connectivity index (χ1n) is 6.78. The van der Waals surface area contributed by atoms with E-state index >= 15 is 0 Å². The van der Waals surface area contributed by atoms with Crippen LogP contribution in [0.1, 0.15) is 32.4 Å². The molecule has 1 amide bonds. The van der Waals surface area contributed by atoms with Gasteiger partial charge in [0.1, 0.15) is 12.2 Å². The molecule has 0 aromatic heterocycles. The van der Waals surface area contributed by atoms with Gasteiger partial charge in [0.15, 0.2) is 0 Å². The van der Waals surface area contributed by atoms with Crippen LogP contribution in [0.15, 0.2) is 24.3 Å². The molecule has 0 radical (unpaired) electrons. The van der Waals surface area contributed by atoms with Gasteiger partial charge in [0.2, 0.25) is 0 Å². The van der Waals surface area contributed by atoms with E-state index in [1.165, 1.54) is 6.92 Å². The fourth-order valence-corrected chi connectivity index (χ4v) is 3.45. The number of benzene rings is 1. The lowest BCUT2D eigenvalue weighted by Gasteiger charge is -2.34. The van der Waals surface area contributed by atoms with E-state index < -0.39 is 18.3 Å². The first-order chi connectivity index (χ1) is 9.90. The van der Waals surface area contributed by atoms with Gasteiger partial charge in [0, 0.05) is 12.5 Å². The first kappa shape index (κ1) is 15.8. The zero-order valence-corrected chi connectivity index (χ0v) is 13.7. The van der Waals surface area contributed by atoms with Crippen molar-refractivity contribution in [1.82, 2.24) is 0 Å². The summed E-state index contributed by atoms with van der Waals surface area (Å²) in [7, 11) is 0. The van der Waals surface area contributed by atoms with E-state index in [1.54, 1.807) is 12.1 Å². The maximum Gasteiger partial charge on any atom is 0.411 e. The van der Waals surface area contributed by atoms with Crippen LogP contribution in [0.4, 0.5) is 10.5 Å². The van der Waals surface area contributed by atoms with Crippen molar-refractivity contribution >= 4 is 33.7 Å². The molecule has 1 aliphatic rings. The molecule has 21 heavy (non-hydrogen) atoms. The number of carbonyl (C=O) groups excluding carboxylic acids is 2. The molecule has 0 unspecified atom stereocenters. The Morgan fingerprint density at radius 2 is 2.05 bits per heavy atom. The highest BCUT2D eigenvalue weighted by molar-refractivity contribution is 9.09. The molecule has 3 atom stereocenters. The number of cyclic esters (lactones) is 1. The summed E-state index contributed by atoms with van der Waals surface area (Å²) in [4.78, 5) is 23.0. The number of hydrogen-bond acceptors (Lipinski definition) is 4. The van der Waals surface area contributed by atoms with Gasteiger partial charge in [-0.05, 0) is 12.0 Å². The van der Waals surface area contributed by atoms with Crippen LogP contribution in [0.2, 0.25) is 0 Å². The lowest BCUT2D eigenvalue weighted by atomic mass is 9.95. The molecule has 114 valence electrons. The molecule has 0 spiro atoms. The molecule has 0 saturated carbocycles. The van der Waals surface area contributed by atoms with Crippen LogP contribution in [-0.2, 0) is 14.3 Å². The third-order valence-electron chi connectivity index (χ3n) is 3.30. The molecule has 1 N–H and O–H groups in total. The van der Waals surface area contributed by atoms with Crippen molar-refractivity contribution in [2.24, 2.45) is 5.92 Å². The smallest absolute Gasteiger partial charge is 0.411 e. The molecule has 5 nitrogen and oxygen atoms in total. The number of anilines is 1. The van der Waals surface area contributed by atoms with Crippen molar-refractivity contribution in [1.29, 1.82) is 0 Å². The van der Waals surface area contributed by atoms with Crippen molar-refractivity contribution in [3.63, 3.8) is 0 Å². The SMILES string of the molecule is CC(=O)O[C@H]1c2ccccc2NC(=O)O[C@H](C(C)C)[C@H]1Br. The molecule has 0 fully saturated rings. The predicted molar refractivity (Wildman–Crippen MR) is 82.4 cm³/mol. The molecule has 1 aliphatic heterocycles. The van der Waals surface area contributed by atoms with Crippen molar-refractivity contribution in [3.05, 3.63) is 29.8 Å². The topological polar surface area (TPSA) is 64.6 Å². The highest BCUT2D eigenvalue weighted by Crippen LogP contribution is 2.38. The fraction of sp³-hybridized carbons (Fsp3) is 0.467. The molecule has 6 heteroatoms. The molecule has 1 aromatic rings. The van der Waals surface area contributed by atoms with Crippen molar-refractivity contribution in [2.45, 2.75) is 37.8 Å². The molecule has 2 rings (SSSR count). The standard InChI is InChI=1S/C15H18BrNO4/c1-8(2)13-12(16)14(20-9(3)18)10-6-4-5-7-11(10)17-15(19)21-13/h4-8,12-14H,1-3H3,(H,17,19)/t12-,13-,14+/m1/s1. The Balaban J connectivity index is 2.48. The first-order valence-corrected chi connectivity index (χ1v) is 7.69. The molecular formula is C15H18BrNO4. The Hall–Kier alpha value is -1.56. The lowest BCUT2D eigenvalue weighted by molar-refractivity contribution is -0.147. The predicted octanol–water partition coefficient (Wildman–Crippen LogP) is 3.64. The van der Waals surface area contributed by atoms with Gasteiger partial charge in [-0.3, -0.25) is 10.1 Å². The average molecular weight is 356 g/mol. The van der Waals surface area contributed by atoms with Gasteiger partial charge < -0.3 is 9.47 Å². The molecular weight excluding hydrogens is 338 g/mol. The molecule has 0 bridgehead atoms. The van der Waals surface area contributed by atoms with Crippen LogP contribution in [-0.4, -0.2) is 23.0 Å². The second kappa shape index (κ2) is 6.47. The summed E-state index contributed by atoms with van der Waals surface area (Å²) in [5.41, 5.74) is 1.33. The Labute approximate surface area is 132 Å². The van der Waals surface area contributed by atoms with E-state index in [-0.39, 0.29) is 16.7 Å². The third kappa shape index (κ3) is 3.56. The number of hydrogen-bond donors (Lipinski definition) is 1. The van der Waals surface area contributed by atoms with Crippen LogP contribution in [0.5, 0.6) is 0 Å². The Kier molecular flexibility index (Phi) is 4.88. The average Bonchev–Trinajstić information content (AvgIpc) is 2.41. The minimum absolute atomic E-state index is 0.0726. The second-order valence-electron chi connectivity index (χ2n) is 5.30. The summed E-state index contributed by atoms with van der Waals surface area (Å²) in [6, 6.07) is 7.23. The van der Waals surface area contributed by atoms with Gasteiger partial charge in [0.25, 0.3) is 0 Å². The highest BCUT2D eigenvalue weighted by Gasteiger charge is 2.38. The van der Waals surface area contributed by atoms with Gasteiger partial charge in [-0.2, -0.15) is 0 Å². The Morgan fingerprint density at radius 3 is 2.67 bits per heavy atom. The zero-order chi connectivity index (χ0) is 15.6. The molecule has 0 aliphatic carbocycles. The number of ether oxygens (including phenoxy) is 2. The van der Waals surface area contributed by atoms with Crippen LogP contribution >= 0.6 is 15.9 Å². The van der Waals surface area contributed by atoms with Gasteiger partial charge in [-0.1, -0.05) is 48.0 Å². The highest BCUT2D eigenvalue weighted by atomic mass is 79.9. The summed E-state index contributed by atoms with van der Waals surface area (Å²) < 4.78 is 10.9. The van der Waals surface area contributed by atoms with Crippen LogP contribution < -0.4 is 5.32 Å². The number of nitrogens with one attached hydrogen (secondary N) is 1. The van der Waals surface area contributed by atoms with Crippen molar-refractivity contribution in [2.75, 3.05) is 5.32 Å². The van der Waals surface area contributed by atoms with E-state index in [1.807, 2.05) is 26.0 Å². The van der Waals surface area contributed by atoms with E-state index in [0.717, 1.165) is 5.56 Å². The van der Waals surface area contributed by atoms with Gasteiger partial charge >= 0.3 is 12.1 Å². The number of amides is 1. The van der Waals surface area contributed by atoms with Crippen LogP contribution in [0.3, 0.4) is 0 Å². The number of para-hydroxylation sites is 1. The molecule has 0 saturated heterocycles. The monoisotopic (exact) mass is 355 g/mol. The van der Waals surface area contributed by atoms with Gasteiger partial charge in [0.05, 0.1) is 10.5 Å². The van der Waals surface area contributed by atoms with Crippen molar-refractivity contribution < 1.29 is 19.1 Å². The van der Waals surface area contributed by atoms with Gasteiger partial charge in [-0.15, -0.1) is 0 Å². The number of fused-ring (bicyclic) bond motifs is 1. The van der Waals surface area contributed by atoms with Crippen LogP contribution in [0, 0.1) is 5.92 Å². The lowest BCUT2D eigenvalue weighted by Crippen LogP contribution is -2.40. The largest absolute Gasteiger partial charge is 0.456 e. The number of halogens is 1. The van der Waals surface area contributed by atoms with Crippen molar-refractivity contribution in [3.8, 4) is 0 Å². The van der Waals surface area contributed by atoms with Crippen LogP contribution in [0.25, 0.3) is 0 Å². The maximum atomic E-state index is 11.9. The van der Waals surface area contributed by atoms with Gasteiger partial charge in [-0.25, -0.2) is 4.79 Å². The Morgan fingerprint density at radius 1 is 1.38 bits per heavy atom. The van der Waals surface area contributed by atoms with E-state index in [0.29, 0.717) is 5.69 Å². The van der Waals surface area contributed by atoms with E-state index in [9.17, 15) is 9.59 Å². The summed E-state index contributed by atoms with van der Waals surface area (Å²) >= 11 is 3.55. The normalized spacial score (nSPS) is 25.2. The Bertz CT molecular complexity index is 546. The number of esters is 1. The number of carbonyl (C=O) groups is 2. The minimum Gasteiger partial charge on any atom is -0.456 e.